The first-order valence-corrected chi connectivity index (χ1v) is 25.8. The van der Waals surface area contributed by atoms with E-state index in [1.165, 1.54) is 76.2 Å². The summed E-state index contributed by atoms with van der Waals surface area (Å²) in [6.07, 6.45) is 21.2. The van der Waals surface area contributed by atoms with Crippen LogP contribution in [0.3, 0.4) is 0 Å². The van der Waals surface area contributed by atoms with Crippen LogP contribution in [0.15, 0.2) is 228 Å². The van der Waals surface area contributed by atoms with Crippen LogP contribution in [-0.4, -0.2) is 0 Å². The third kappa shape index (κ3) is 9.30. The van der Waals surface area contributed by atoms with Crippen molar-refractivity contribution in [3.63, 3.8) is 0 Å². The van der Waals surface area contributed by atoms with Gasteiger partial charge in [0.25, 0.3) is 0 Å². The van der Waals surface area contributed by atoms with E-state index in [1.54, 1.807) is 0 Å². The van der Waals surface area contributed by atoms with E-state index in [1.807, 2.05) is 17.9 Å². The van der Waals surface area contributed by atoms with Gasteiger partial charge in [-0.15, -0.1) is 0 Å². The van der Waals surface area contributed by atoms with Crippen LogP contribution >= 0.6 is 7.26 Å². The van der Waals surface area contributed by atoms with Crippen LogP contribution in [-0.2, 0) is 17.9 Å². The molecular weight excluding hydrogens is 990 g/mol. The van der Waals surface area contributed by atoms with E-state index >= 15 is 0 Å². The van der Waals surface area contributed by atoms with Gasteiger partial charge in [0.15, 0.2) is 0 Å². The summed E-state index contributed by atoms with van der Waals surface area (Å²) in [6, 6.07) is 68.2. The molecule has 1 aliphatic rings. The van der Waals surface area contributed by atoms with Crippen LogP contribution in [0.2, 0.25) is 0 Å². The minimum absolute atomic E-state index is 0.977. The number of rotatable bonds is 10. The number of fused-ring (bicyclic) bond motifs is 2. The molecule has 0 atom stereocenters. The molecule has 66 heavy (non-hydrogen) atoms. The van der Waals surface area contributed by atoms with Gasteiger partial charge in [-0.1, -0.05) is 97.1 Å². The van der Waals surface area contributed by atoms with E-state index < -0.39 is 7.26 Å². The molecule has 0 nitrogen and oxygen atoms in total. The molecule has 319 valence electrons. The van der Waals surface area contributed by atoms with Gasteiger partial charge in [0.1, 0.15) is 0 Å². The van der Waals surface area contributed by atoms with Crippen molar-refractivity contribution in [1.29, 1.82) is 0 Å². The monoisotopic (exact) mass is 1040 g/mol. The van der Waals surface area contributed by atoms with Crippen molar-refractivity contribution in [3.8, 4) is 16.2 Å². The second-order valence-corrected chi connectivity index (χ2v) is 20.5. The maximum atomic E-state index is 3.85. The Labute approximate surface area is 401 Å². The zero-order chi connectivity index (χ0) is 45.1. The van der Waals surface area contributed by atoms with E-state index in [9.17, 15) is 0 Å². The molecule has 0 amide bonds. The molecule has 8 aromatic carbocycles. The minimum atomic E-state index is -2.44. The molecule has 0 bridgehead atoms. The van der Waals surface area contributed by atoms with E-state index in [2.05, 4.69) is 267 Å². The predicted molar refractivity (Wildman–Crippen MR) is 286 cm³/mol. The van der Waals surface area contributed by atoms with Crippen LogP contribution in [0.5, 0.6) is 0 Å². The fourth-order valence-corrected chi connectivity index (χ4v) is 15.1. The third-order valence-corrected chi connectivity index (χ3v) is 17.9. The van der Waals surface area contributed by atoms with Crippen molar-refractivity contribution in [2.75, 3.05) is 0 Å². The van der Waals surface area contributed by atoms with Crippen molar-refractivity contribution < 1.29 is 17.9 Å². The van der Waals surface area contributed by atoms with Crippen LogP contribution in [0, 0.1) is 16.2 Å². The molecule has 0 N–H and O–H groups in total. The van der Waals surface area contributed by atoms with Gasteiger partial charge < -0.3 is 0 Å². The third-order valence-electron chi connectivity index (χ3n) is 12.5. The maximum absolute atomic E-state index is 3.85. The molecule has 1 fully saturated rings. The Hall–Kier alpha value is -6.87. The molecule has 0 aromatic heterocycles. The van der Waals surface area contributed by atoms with E-state index in [0.29, 0.717) is 0 Å². The Morgan fingerprint density at radius 2 is 0.879 bits per heavy atom. The Bertz CT molecular complexity index is 3160. The van der Waals surface area contributed by atoms with Crippen molar-refractivity contribution in [3.05, 3.63) is 262 Å². The summed E-state index contributed by atoms with van der Waals surface area (Å²) in [5.41, 5.74) is 10.8. The normalized spacial score (nSPS) is 14.6. The predicted octanol–water partition coefficient (Wildman–Crippen LogP) is 15.5. The molecule has 0 unspecified atom stereocenters. The summed E-state index contributed by atoms with van der Waals surface area (Å²) in [5, 5.41) is 9.99. The summed E-state index contributed by atoms with van der Waals surface area (Å²) in [4.78, 5) is 0. The van der Waals surface area contributed by atoms with E-state index in [4.69, 9.17) is 0 Å². The number of hydrogen-bond acceptors (Lipinski definition) is 0. The molecule has 1 aliphatic carbocycles. The zero-order valence-electron chi connectivity index (χ0n) is 37.4. The van der Waals surface area contributed by atoms with Gasteiger partial charge in [-0.05, 0) is 45.2 Å². The van der Waals surface area contributed by atoms with Gasteiger partial charge in [0.05, 0.1) is 0 Å². The van der Waals surface area contributed by atoms with Gasteiger partial charge in [0, 0.05) is 0 Å². The van der Waals surface area contributed by atoms with Crippen LogP contribution < -0.4 is 15.9 Å². The van der Waals surface area contributed by atoms with Crippen LogP contribution in [0.25, 0.3) is 51.9 Å². The molecular formula is C64H51OsP+. The van der Waals surface area contributed by atoms with E-state index in [0.717, 1.165) is 36.0 Å². The number of hydrogen-bond donors (Lipinski definition) is 0. The van der Waals surface area contributed by atoms with Crippen molar-refractivity contribution in [2.45, 2.75) is 33.1 Å². The second kappa shape index (κ2) is 21.0. The van der Waals surface area contributed by atoms with Gasteiger partial charge in [-0.25, -0.2) is 0 Å². The van der Waals surface area contributed by atoms with Gasteiger partial charge in [-0.2, -0.15) is 0 Å². The van der Waals surface area contributed by atoms with Gasteiger partial charge in [0.2, 0.25) is 0 Å². The topological polar surface area (TPSA) is 0 Å². The first-order valence-electron chi connectivity index (χ1n) is 22.8. The van der Waals surface area contributed by atoms with Gasteiger partial charge >= 0.3 is 262 Å². The Kier molecular flexibility index (Phi) is 14.1. The molecule has 8 aromatic rings. The fraction of sp³-hybridized carbons (Fsp3) is 0.0781. The van der Waals surface area contributed by atoms with Gasteiger partial charge in [-0.3, -0.25) is 0 Å². The Morgan fingerprint density at radius 1 is 0.470 bits per heavy atom. The molecule has 9 rings (SSSR count). The van der Waals surface area contributed by atoms with Crippen LogP contribution in [0.1, 0.15) is 66.5 Å². The van der Waals surface area contributed by atoms with Crippen LogP contribution in [0.4, 0.5) is 0 Å². The summed E-state index contributed by atoms with van der Waals surface area (Å²) in [5.74, 6) is 7.45. The first kappa shape index (κ1) is 44.3. The number of benzene rings is 8. The molecule has 0 spiro atoms. The average molecular weight is 1040 g/mol. The van der Waals surface area contributed by atoms with E-state index in [-0.39, 0.29) is 0 Å². The molecule has 1 saturated carbocycles. The average Bonchev–Trinajstić information content (AvgIpc) is 3.84. The molecule has 2 heteroatoms. The summed E-state index contributed by atoms with van der Waals surface area (Å²) in [7, 11) is -2.44. The second-order valence-electron chi connectivity index (χ2n) is 16.5. The first-order chi connectivity index (χ1) is 32.6. The number of allylic oxidation sites excluding steroid dienone is 7. The molecule has 0 aliphatic heterocycles. The van der Waals surface area contributed by atoms with Crippen molar-refractivity contribution in [1.82, 2.24) is 0 Å². The SMILES string of the molecule is CC=C1CCCC1=CC(C#Cc1ccc(/C=C/c2c3ccccc3c(/C=C/c3ccc(/C=C/C)cc3)c3ccccc23)cc1)=C([C]#[Os])[P+](c1ccccc1)(c1ccccc1)c1ccccc1. The summed E-state index contributed by atoms with van der Waals surface area (Å²) < 4.78 is 3.85. The molecule has 0 saturated heterocycles. The summed E-state index contributed by atoms with van der Waals surface area (Å²) in [6.45, 7) is 4.22. The summed E-state index contributed by atoms with van der Waals surface area (Å²) >= 11 is 1.81. The standard InChI is InChI=1S/C64H51P.Os/c1-4-20-49-33-35-51(36-34-49)42-45-63-59-29-15-17-31-61(59)64(62-32-18-16-30-60(62)63)46-43-52-39-37-50(38-40-52)41-44-54(47-55-22-19-21-53(55)5-2)48(3)65(56-23-9-6-10-24-56,57-25-11-7-12-26-57)58-27-13-8-14-28-58;/h4-18,20,23-40,42-43,45-47H,19,21-22H2,1-2H3;/q+1;/b20-4+,45-42+,46-43+,53-5?,54-48?,55-47?;. The quantitative estimate of drug-likeness (QED) is 0.0554. The fourth-order valence-electron chi connectivity index (χ4n) is 9.34. The Balaban J connectivity index is 1.12. The molecule has 0 radical (unpaired) electrons. The van der Waals surface area contributed by atoms with Crippen molar-refractivity contribution in [2.24, 2.45) is 0 Å². The molecule has 0 heterocycles. The zero-order valence-corrected chi connectivity index (χ0v) is 40.9. The van der Waals surface area contributed by atoms with Crippen molar-refractivity contribution >= 4 is 75.1 Å². The Morgan fingerprint density at radius 3 is 1.30 bits per heavy atom.